The van der Waals surface area contributed by atoms with Gasteiger partial charge in [-0.25, -0.2) is 4.98 Å². The molecule has 1 aromatic heterocycles. The molecule has 0 saturated carbocycles. The zero-order valence-electron chi connectivity index (χ0n) is 10.5. The number of amidine groups is 1. The van der Waals surface area contributed by atoms with Crippen LogP contribution in [0.5, 0.6) is 5.88 Å². The summed E-state index contributed by atoms with van der Waals surface area (Å²) in [5.74, 6) is 0.477. The molecule has 0 spiro atoms. The third-order valence-corrected chi connectivity index (χ3v) is 2.16. The topological polar surface area (TPSA) is 90.5 Å². The molecule has 0 aromatic carbocycles. The van der Waals surface area contributed by atoms with E-state index in [1.165, 1.54) is 0 Å². The van der Waals surface area contributed by atoms with Crippen molar-refractivity contribution in [1.29, 1.82) is 5.41 Å². The van der Waals surface area contributed by atoms with Crippen molar-refractivity contribution in [2.24, 2.45) is 5.73 Å². The second-order valence-electron chi connectivity index (χ2n) is 3.60. The van der Waals surface area contributed by atoms with E-state index in [2.05, 4.69) is 4.98 Å². The van der Waals surface area contributed by atoms with E-state index in [0.717, 1.165) is 6.42 Å². The van der Waals surface area contributed by atoms with Gasteiger partial charge in [0.1, 0.15) is 5.84 Å². The number of nitrogen functional groups attached to an aromatic ring is 1. The van der Waals surface area contributed by atoms with Gasteiger partial charge in [-0.05, 0) is 6.07 Å². The molecule has 0 aliphatic rings. The summed E-state index contributed by atoms with van der Waals surface area (Å²) in [6.07, 6.45) is 2.34. The lowest BCUT2D eigenvalue weighted by Gasteiger charge is -2.07. The van der Waals surface area contributed by atoms with Gasteiger partial charge in [-0.3, -0.25) is 5.41 Å². The van der Waals surface area contributed by atoms with Crippen LogP contribution in [0.25, 0.3) is 0 Å². The fourth-order valence-corrected chi connectivity index (χ4v) is 1.24. The smallest absolute Gasteiger partial charge is 0.213 e. The van der Waals surface area contributed by atoms with Crippen LogP contribution >= 0.6 is 0 Å². The van der Waals surface area contributed by atoms with E-state index in [0.29, 0.717) is 37.9 Å². The zero-order valence-corrected chi connectivity index (χ0v) is 10.5. The molecule has 0 unspecified atom stereocenters. The molecular formula is C12H19N3O3. The number of nitrogens with zero attached hydrogens (tertiary/aromatic N) is 1. The van der Waals surface area contributed by atoms with E-state index in [1.807, 2.05) is 0 Å². The van der Waals surface area contributed by atoms with Crippen molar-refractivity contribution in [3.8, 4) is 5.88 Å². The number of nitrogens with two attached hydrogens (primary N) is 1. The highest BCUT2D eigenvalue weighted by Gasteiger charge is 2.00. The van der Waals surface area contributed by atoms with Gasteiger partial charge in [0.2, 0.25) is 5.88 Å². The van der Waals surface area contributed by atoms with Crippen molar-refractivity contribution < 1.29 is 14.2 Å². The van der Waals surface area contributed by atoms with E-state index < -0.39 is 0 Å². The predicted octanol–water partition coefficient (Wildman–Crippen LogP) is 0.798. The number of nitrogens with one attached hydrogen (secondary N) is 1. The summed E-state index contributed by atoms with van der Waals surface area (Å²) in [5, 5.41) is 7.30. The van der Waals surface area contributed by atoms with Crippen molar-refractivity contribution in [2.45, 2.75) is 6.42 Å². The lowest BCUT2D eigenvalue weighted by Crippen LogP contribution is -2.12. The van der Waals surface area contributed by atoms with E-state index in [4.69, 9.17) is 25.4 Å². The number of rotatable bonds is 9. The third-order valence-electron chi connectivity index (χ3n) is 2.16. The molecule has 1 heterocycles. The van der Waals surface area contributed by atoms with Gasteiger partial charge >= 0.3 is 0 Å². The Kier molecular flexibility index (Phi) is 6.75. The SMILES string of the molecule is COCCOCCCOc1cc(C(=N)N)ccn1. The Hall–Kier alpha value is -1.66. The maximum Gasteiger partial charge on any atom is 0.213 e. The van der Waals surface area contributed by atoms with Crippen molar-refractivity contribution in [2.75, 3.05) is 33.5 Å². The number of hydrogen-bond donors (Lipinski definition) is 2. The molecule has 6 nitrogen and oxygen atoms in total. The Bertz CT molecular complexity index is 371. The Labute approximate surface area is 107 Å². The van der Waals surface area contributed by atoms with Gasteiger partial charge < -0.3 is 19.9 Å². The molecule has 0 aliphatic carbocycles. The molecular weight excluding hydrogens is 234 g/mol. The summed E-state index contributed by atoms with van der Waals surface area (Å²) >= 11 is 0. The minimum Gasteiger partial charge on any atom is -0.478 e. The number of hydrogen-bond acceptors (Lipinski definition) is 5. The molecule has 0 saturated heterocycles. The van der Waals surface area contributed by atoms with E-state index in [1.54, 1.807) is 25.4 Å². The van der Waals surface area contributed by atoms with Gasteiger partial charge in [-0.1, -0.05) is 0 Å². The highest BCUT2D eigenvalue weighted by molar-refractivity contribution is 5.95. The predicted molar refractivity (Wildman–Crippen MR) is 68.1 cm³/mol. The van der Waals surface area contributed by atoms with Gasteiger partial charge in [0.15, 0.2) is 0 Å². The normalized spacial score (nSPS) is 10.3. The Balaban J connectivity index is 2.19. The maximum atomic E-state index is 7.30. The first-order valence-electron chi connectivity index (χ1n) is 5.74. The molecule has 18 heavy (non-hydrogen) atoms. The van der Waals surface area contributed by atoms with Crippen LogP contribution in [0.15, 0.2) is 18.3 Å². The first kappa shape index (κ1) is 14.4. The summed E-state index contributed by atoms with van der Waals surface area (Å²) in [6.45, 7) is 2.33. The van der Waals surface area contributed by atoms with Crippen LogP contribution in [0.4, 0.5) is 0 Å². The second kappa shape index (κ2) is 8.43. The number of methoxy groups -OCH3 is 1. The van der Waals surface area contributed by atoms with Crippen LogP contribution in [0, 0.1) is 5.41 Å². The third kappa shape index (κ3) is 5.60. The first-order valence-corrected chi connectivity index (χ1v) is 5.74. The van der Waals surface area contributed by atoms with E-state index >= 15 is 0 Å². The largest absolute Gasteiger partial charge is 0.478 e. The van der Waals surface area contributed by atoms with Crippen molar-refractivity contribution >= 4 is 5.84 Å². The van der Waals surface area contributed by atoms with Crippen LogP contribution in [-0.4, -0.2) is 44.4 Å². The average molecular weight is 253 g/mol. The molecule has 0 fully saturated rings. The number of pyridine rings is 1. The molecule has 0 atom stereocenters. The minimum absolute atomic E-state index is 0.00477. The summed E-state index contributed by atoms with van der Waals surface area (Å²) in [4.78, 5) is 4.03. The van der Waals surface area contributed by atoms with E-state index in [-0.39, 0.29) is 5.84 Å². The fourth-order valence-electron chi connectivity index (χ4n) is 1.24. The molecule has 6 heteroatoms. The first-order chi connectivity index (χ1) is 8.74. The zero-order chi connectivity index (χ0) is 13.2. The fraction of sp³-hybridized carbons (Fsp3) is 0.500. The molecule has 0 amide bonds. The Morgan fingerprint density at radius 3 is 2.89 bits per heavy atom. The lowest BCUT2D eigenvalue weighted by molar-refractivity contribution is 0.0642. The van der Waals surface area contributed by atoms with Crippen LogP contribution < -0.4 is 10.5 Å². The van der Waals surface area contributed by atoms with E-state index in [9.17, 15) is 0 Å². The van der Waals surface area contributed by atoms with Crippen LogP contribution in [0.1, 0.15) is 12.0 Å². The van der Waals surface area contributed by atoms with Crippen LogP contribution in [0.3, 0.4) is 0 Å². The maximum absolute atomic E-state index is 7.30. The highest BCUT2D eigenvalue weighted by atomic mass is 16.5. The van der Waals surface area contributed by atoms with Crippen LogP contribution in [-0.2, 0) is 9.47 Å². The molecule has 1 aromatic rings. The van der Waals surface area contributed by atoms with Gasteiger partial charge in [0, 0.05) is 38.0 Å². The summed E-state index contributed by atoms with van der Waals surface area (Å²) in [6, 6.07) is 3.32. The highest BCUT2D eigenvalue weighted by Crippen LogP contribution is 2.08. The number of ether oxygens (including phenoxy) is 3. The quantitative estimate of drug-likeness (QED) is 0.386. The molecule has 100 valence electrons. The molecule has 1 rings (SSSR count). The lowest BCUT2D eigenvalue weighted by atomic mass is 10.2. The summed E-state index contributed by atoms with van der Waals surface area (Å²) in [5.41, 5.74) is 5.98. The monoisotopic (exact) mass is 253 g/mol. The van der Waals surface area contributed by atoms with Crippen molar-refractivity contribution in [3.63, 3.8) is 0 Å². The van der Waals surface area contributed by atoms with Crippen LogP contribution in [0.2, 0.25) is 0 Å². The number of aromatic nitrogens is 1. The van der Waals surface area contributed by atoms with Gasteiger partial charge in [0.05, 0.1) is 19.8 Å². The molecule has 0 bridgehead atoms. The summed E-state index contributed by atoms with van der Waals surface area (Å²) < 4.78 is 15.6. The molecule has 3 N–H and O–H groups in total. The molecule has 0 radical (unpaired) electrons. The van der Waals surface area contributed by atoms with Gasteiger partial charge in [-0.2, -0.15) is 0 Å². The summed E-state index contributed by atoms with van der Waals surface area (Å²) in [7, 11) is 1.64. The van der Waals surface area contributed by atoms with Gasteiger partial charge in [0.25, 0.3) is 0 Å². The second-order valence-corrected chi connectivity index (χ2v) is 3.60. The minimum atomic E-state index is 0.00477. The standard InChI is InChI=1S/C12H19N3O3/c1-16-7-8-17-5-2-6-18-11-9-10(12(13)14)3-4-15-11/h3-4,9H,2,5-8H2,1H3,(H3,13,14). The Morgan fingerprint density at radius 2 is 2.17 bits per heavy atom. The molecule has 0 aliphatic heterocycles. The van der Waals surface area contributed by atoms with Crippen molar-refractivity contribution in [3.05, 3.63) is 23.9 Å². The van der Waals surface area contributed by atoms with Gasteiger partial charge in [-0.15, -0.1) is 0 Å². The van der Waals surface area contributed by atoms with Crippen molar-refractivity contribution in [1.82, 2.24) is 4.98 Å². The average Bonchev–Trinajstić information content (AvgIpc) is 2.38. The Morgan fingerprint density at radius 1 is 1.33 bits per heavy atom.